The summed E-state index contributed by atoms with van der Waals surface area (Å²) < 4.78 is 0.0561. The Morgan fingerprint density at radius 3 is 2.19 bits per heavy atom. The second-order valence-electron chi connectivity index (χ2n) is 5.41. The van der Waals surface area contributed by atoms with Gasteiger partial charge in [-0.1, -0.05) is 27.7 Å². The van der Waals surface area contributed by atoms with Crippen molar-refractivity contribution in [2.75, 3.05) is 6.54 Å². The number of nitrogens with two attached hydrogens (primary N) is 1. The van der Waals surface area contributed by atoms with Crippen molar-refractivity contribution in [3.05, 3.63) is 0 Å². The van der Waals surface area contributed by atoms with Gasteiger partial charge in [-0.05, 0) is 25.0 Å². The molecule has 0 aliphatic carbocycles. The molecule has 0 aromatic heterocycles. The summed E-state index contributed by atoms with van der Waals surface area (Å²) in [6.45, 7) is 13.2. The Kier molecular flexibility index (Phi) is 6.41. The molecule has 0 radical (unpaired) electrons. The highest BCUT2D eigenvalue weighted by atomic mass is 32.2. The maximum absolute atomic E-state index is 11.7. The summed E-state index contributed by atoms with van der Waals surface area (Å²) >= 11 is 1.86. The Hall–Kier alpha value is -0.220. The van der Waals surface area contributed by atoms with Crippen molar-refractivity contribution >= 4 is 17.7 Å². The van der Waals surface area contributed by atoms with Gasteiger partial charge >= 0.3 is 0 Å². The smallest absolute Gasteiger partial charge is 0.237 e. The molecule has 0 unspecified atom stereocenters. The zero-order valence-electron chi connectivity index (χ0n) is 11.3. The zero-order valence-corrected chi connectivity index (χ0v) is 12.1. The van der Waals surface area contributed by atoms with Gasteiger partial charge in [-0.3, -0.25) is 4.79 Å². The number of nitrogens with one attached hydrogen (secondary N) is 1. The fourth-order valence-corrected chi connectivity index (χ4v) is 2.83. The minimum Gasteiger partial charge on any atom is -0.353 e. The third-order valence-corrected chi connectivity index (χ3v) is 3.52. The Balaban J connectivity index is 4.09. The van der Waals surface area contributed by atoms with E-state index in [0.717, 1.165) is 0 Å². The molecule has 0 aromatic rings. The van der Waals surface area contributed by atoms with Gasteiger partial charge in [0.05, 0.1) is 6.04 Å². The Labute approximate surface area is 104 Å². The summed E-state index contributed by atoms with van der Waals surface area (Å²) in [6, 6.07) is -0.403. The third-order valence-electron chi connectivity index (χ3n) is 2.26. The van der Waals surface area contributed by atoms with Gasteiger partial charge in [-0.2, -0.15) is 11.8 Å². The van der Waals surface area contributed by atoms with Gasteiger partial charge < -0.3 is 11.1 Å². The van der Waals surface area contributed by atoms with Gasteiger partial charge in [0.1, 0.15) is 0 Å². The predicted molar refractivity (Wildman–Crippen MR) is 72.6 cm³/mol. The van der Waals surface area contributed by atoms with E-state index in [1.54, 1.807) is 0 Å². The summed E-state index contributed by atoms with van der Waals surface area (Å²) in [7, 11) is 0. The normalized spacial score (nSPS) is 14.3. The van der Waals surface area contributed by atoms with Crippen molar-refractivity contribution in [2.45, 2.75) is 57.6 Å². The lowest BCUT2D eigenvalue weighted by Crippen LogP contribution is -2.47. The fourth-order valence-electron chi connectivity index (χ4n) is 1.40. The van der Waals surface area contributed by atoms with Crippen LogP contribution in [0.3, 0.4) is 0 Å². The fraction of sp³-hybridized carbons (Fsp3) is 0.917. The summed E-state index contributed by atoms with van der Waals surface area (Å²) in [4.78, 5) is 11.7. The number of hydrogen-bond donors (Lipinski definition) is 2. The first kappa shape index (κ1) is 15.8. The Morgan fingerprint density at radius 1 is 1.31 bits per heavy atom. The molecule has 0 spiro atoms. The molecule has 0 fully saturated rings. The van der Waals surface area contributed by atoms with Crippen LogP contribution in [0.4, 0.5) is 0 Å². The van der Waals surface area contributed by atoms with Gasteiger partial charge in [0, 0.05) is 11.3 Å². The second kappa shape index (κ2) is 6.50. The van der Waals surface area contributed by atoms with E-state index in [-0.39, 0.29) is 16.6 Å². The maximum atomic E-state index is 11.7. The molecular weight excluding hydrogens is 220 g/mol. The minimum atomic E-state index is -0.403. The standard InChI is InChI=1S/C12H26N2OS/c1-8(2)10(13)11(15)14-7-12(5,6)16-9(3)4/h8-10H,7,13H2,1-6H3,(H,14,15)/t10-/m1/s1. The lowest BCUT2D eigenvalue weighted by Gasteiger charge is -2.27. The van der Waals surface area contributed by atoms with Crippen LogP contribution in [0.25, 0.3) is 0 Å². The molecule has 0 rings (SSSR count). The van der Waals surface area contributed by atoms with E-state index < -0.39 is 6.04 Å². The van der Waals surface area contributed by atoms with E-state index in [1.807, 2.05) is 25.6 Å². The molecule has 0 heterocycles. The molecule has 0 bridgehead atoms. The zero-order chi connectivity index (χ0) is 12.9. The van der Waals surface area contributed by atoms with Crippen LogP contribution < -0.4 is 11.1 Å². The van der Waals surface area contributed by atoms with Crippen LogP contribution in [0.15, 0.2) is 0 Å². The molecular formula is C12H26N2OS. The van der Waals surface area contributed by atoms with Gasteiger partial charge in [-0.25, -0.2) is 0 Å². The molecule has 0 aromatic carbocycles. The highest BCUT2D eigenvalue weighted by Crippen LogP contribution is 2.27. The van der Waals surface area contributed by atoms with Gasteiger partial charge in [0.15, 0.2) is 0 Å². The first-order valence-electron chi connectivity index (χ1n) is 5.87. The maximum Gasteiger partial charge on any atom is 0.237 e. The lowest BCUT2D eigenvalue weighted by molar-refractivity contribution is -0.123. The molecule has 3 nitrogen and oxygen atoms in total. The number of rotatable bonds is 6. The summed E-state index contributed by atoms with van der Waals surface area (Å²) in [5, 5.41) is 3.49. The highest BCUT2D eigenvalue weighted by molar-refractivity contribution is 8.01. The predicted octanol–water partition coefficient (Wildman–Crippen LogP) is 2.01. The van der Waals surface area contributed by atoms with Crippen molar-refractivity contribution in [3.63, 3.8) is 0 Å². The topological polar surface area (TPSA) is 55.1 Å². The third kappa shape index (κ3) is 6.38. The largest absolute Gasteiger partial charge is 0.353 e. The average molecular weight is 246 g/mol. The SMILES string of the molecule is CC(C)SC(C)(C)CNC(=O)[C@H](N)C(C)C. The Morgan fingerprint density at radius 2 is 1.81 bits per heavy atom. The van der Waals surface area contributed by atoms with Crippen LogP contribution in [0, 0.1) is 5.92 Å². The van der Waals surface area contributed by atoms with Crippen LogP contribution in [0.5, 0.6) is 0 Å². The van der Waals surface area contributed by atoms with Crippen molar-refractivity contribution < 1.29 is 4.79 Å². The molecule has 1 amide bonds. The van der Waals surface area contributed by atoms with E-state index >= 15 is 0 Å². The number of thioether (sulfide) groups is 1. The average Bonchev–Trinajstić information content (AvgIpc) is 2.10. The number of carbonyl (C=O) groups is 1. The summed E-state index contributed by atoms with van der Waals surface area (Å²) in [5.41, 5.74) is 5.77. The minimum absolute atomic E-state index is 0.0487. The first-order valence-corrected chi connectivity index (χ1v) is 6.75. The van der Waals surface area contributed by atoms with Crippen LogP contribution in [0.1, 0.15) is 41.5 Å². The van der Waals surface area contributed by atoms with E-state index in [1.165, 1.54) is 0 Å². The van der Waals surface area contributed by atoms with Crippen molar-refractivity contribution in [1.82, 2.24) is 5.32 Å². The van der Waals surface area contributed by atoms with E-state index in [4.69, 9.17) is 5.73 Å². The highest BCUT2D eigenvalue weighted by Gasteiger charge is 2.23. The van der Waals surface area contributed by atoms with Gasteiger partial charge in [0.2, 0.25) is 5.91 Å². The first-order chi connectivity index (χ1) is 7.15. The molecule has 3 N–H and O–H groups in total. The van der Waals surface area contributed by atoms with Crippen molar-refractivity contribution in [2.24, 2.45) is 11.7 Å². The monoisotopic (exact) mass is 246 g/mol. The molecule has 4 heteroatoms. The van der Waals surface area contributed by atoms with Crippen molar-refractivity contribution in [1.29, 1.82) is 0 Å². The Bertz CT molecular complexity index is 227. The van der Waals surface area contributed by atoms with Crippen LogP contribution in [-0.2, 0) is 4.79 Å². The van der Waals surface area contributed by atoms with Gasteiger partial charge in [0.25, 0.3) is 0 Å². The van der Waals surface area contributed by atoms with Crippen LogP contribution in [0.2, 0.25) is 0 Å². The van der Waals surface area contributed by atoms with Crippen molar-refractivity contribution in [3.8, 4) is 0 Å². The summed E-state index contributed by atoms with van der Waals surface area (Å²) in [6.07, 6.45) is 0. The van der Waals surface area contributed by atoms with Crippen LogP contribution >= 0.6 is 11.8 Å². The molecule has 16 heavy (non-hydrogen) atoms. The molecule has 96 valence electrons. The number of carbonyl (C=O) groups excluding carboxylic acids is 1. The number of hydrogen-bond acceptors (Lipinski definition) is 3. The van der Waals surface area contributed by atoms with E-state index in [9.17, 15) is 4.79 Å². The van der Waals surface area contributed by atoms with Crippen LogP contribution in [-0.4, -0.2) is 28.5 Å². The lowest BCUT2D eigenvalue weighted by atomic mass is 10.0. The molecule has 0 aliphatic rings. The number of amides is 1. The summed E-state index contributed by atoms with van der Waals surface area (Å²) in [5.74, 6) is 0.133. The van der Waals surface area contributed by atoms with E-state index in [0.29, 0.717) is 11.8 Å². The second-order valence-corrected chi connectivity index (χ2v) is 7.70. The quantitative estimate of drug-likeness (QED) is 0.754. The van der Waals surface area contributed by atoms with Gasteiger partial charge in [-0.15, -0.1) is 0 Å². The molecule has 0 saturated heterocycles. The molecule has 1 atom stereocenters. The molecule has 0 saturated carbocycles. The van der Waals surface area contributed by atoms with E-state index in [2.05, 4.69) is 33.0 Å². The molecule has 0 aliphatic heterocycles.